The highest BCUT2D eigenvalue weighted by atomic mass is 16.5. The van der Waals surface area contributed by atoms with Gasteiger partial charge in [0.25, 0.3) is 0 Å². The Kier molecular flexibility index (Phi) is 6.14. The topological polar surface area (TPSA) is 59.1 Å². The Morgan fingerprint density at radius 1 is 1.27 bits per heavy atom. The molecule has 0 aliphatic carbocycles. The summed E-state index contributed by atoms with van der Waals surface area (Å²) in [6.45, 7) is 5.63. The molecule has 2 atom stereocenters. The van der Waals surface area contributed by atoms with Crippen LogP contribution in [0.1, 0.15) is 32.6 Å². The van der Waals surface area contributed by atoms with Crippen molar-refractivity contribution < 1.29 is 19.1 Å². The van der Waals surface area contributed by atoms with Crippen molar-refractivity contribution in [3.63, 3.8) is 0 Å². The SMILES string of the molecule is COC(=O)[C@H]1CC(=O)N(c2ccc(OCCCN3CCC[C@H]3C)cc2)C1. The van der Waals surface area contributed by atoms with Gasteiger partial charge >= 0.3 is 5.97 Å². The first-order chi connectivity index (χ1) is 12.6. The van der Waals surface area contributed by atoms with E-state index >= 15 is 0 Å². The minimum atomic E-state index is -0.378. The Morgan fingerprint density at radius 2 is 2.04 bits per heavy atom. The van der Waals surface area contributed by atoms with Crippen LogP contribution in [0.2, 0.25) is 0 Å². The summed E-state index contributed by atoms with van der Waals surface area (Å²) in [5, 5.41) is 0. The molecule has 0 spiro atoms. The molecule has 0 N–H and O–H groups in total. The summed E-state index contributed by atoms with van der Waals surface area (Å²) in [4.78, 5) is 27.9. The molecule has 2 saturated heterocycles. The summed E-state index contributed by atoms with van der Waals surface area (Å²) < 4.78 is 10.6. The van der Waals surface area contributed by atoms with Gasteiger partial charge in [0.2, 0.25) is 5.91 Å². The van der Waals surface area contributed by atoms with Gasteiger partial charge < -0.3 is 19.3 Å². The second-order valence-corrected chi connectivity index (χ2v) is 7.15. The molecule has 6 heteroatoms. The second kappa shape index (κ2) is 8.54. The maximum atomic E-state index is 12.1. The predicted octanol–water partition coefficient (Wildman–Crippen LogP) is 2.47. The van der Waals surface area contributed by atoms with Crippen molar-refractivity contribution >= 4 is 17.6 Å². The van der Waals surface area contributed by atoms with E-state index in [2.05, 4.69) is 11.8 Å². The van der Waals surface area contributed by atoms with Crippen LogP contribution in [0.25, 0.3) is 0 Å². The zero-order chi connectivity index (χ0) is 18.5. The number of nitrogens with zero attached hydrogens (tertiary/aromatic N) is 2. The van der Waals surface area contributed by atoms with E-state index in [4.69, 9.17) is 9.47 Å². The first-order valence-electron chi connectivity index (χ1n) is 9.43. The molecule has 0 radical (unpaired) electrons. The van der Waals surface area contributed by atoms with E-state index in [1.807, 2.05) is 24.3 Å². The quantitative estimate of drug-likeness (QED) is 0.552. The number of rotatable bonds is 7. The summed E-state index contributed by atoms with van der Waals surface area (Å²) in [6.07, 6.45) is 3.82. The maximum absolute atomic E-state index is 12.1. The molecular weight excluding hydrogens is 332 g/mol. The number of ether oxygens (including phenoxy) is 2. The fourth-order valence-electron chi connectivity index (χ4n) is 3.79. The van der Waals surface area contributed by atoms with Crippen molar-refractivity contribution in [1.82, 2.24) is 4.90 Å². The van der Waals surface area contributed by atoms with Crippen LogP contribution in [-0.4, -0.2) is 56.2 Å². The lowest BCUT2D eigenvalue weighted by atomic mass is 10.1. The minimum absolute atomic E-state index is 0.0474. The van der Waals surface area contributed by atoms with Crippen LogP contribution in [-0.2, 0) is 14.3 Å². The number of methoxy groups -OCH3 is 1. The number of esters is 1. The van der Waals surface area contributed by atoms with E-state index in [1.54, 1.807) is 4.90 Å². The third-order valence-electron chi connectivity index (χ3n) is 5.36. The third-order valence-corrected chi connectivity index (χ3v) is 5.36. The van der Waals surface area contributed by atoms with E-state index in [9.17, 15) is 9.59 Å². The second-order valence-electron chi connectivity index (χ2n) is 7.15. The molecule has 2 heterocycles. The third kappa shape index (κ3) is 4.36. The van der Waals surface area contributed by atoms with Gasteiger partial charge in [-0.3, -0.25) is 9.59 Å². The number of carbonyl (C=O) groups excluding carboxylic acids is 2. The highest BCUT2D eigenvalue weighted by Crippen LogP contribution is 2.27. The van der Waals surface area contributed by atoms with Gasteiger partial charge in [-0.25, -0.2) is 0 Å². The zero-order valence-electron chi connectivity index (χ0n) is 15.6. The predicted molar refractivity (Wildman–Crippen MR) is 99.3 cm³/mol. The lowest BCUT2D eigenvalue weighted by molar-refractivity contribution is -0.145. The molecule has 2 fully saturated rings. The van der Waals surface area contributed by atoms with Crippen LogP contribution in [0.3, 0.4) is 0 Å². The van der Waals surface area contributed by atoms with Gasteiger partial charge in [0, 0.05) is 31.2 Å². The molecule has 1 amide bonds. The highest BCUT2D eigenvalue weighted by Gasteiger charge is 2.35. The van der Waals surface area contributed by atoms with Crippen molar-refractivity contribution in [3.8, 4) is 5.75 Å². The fourth-order valence-corrected chi connectivity index (χ4v) is 3.79. The van der Waals surface area contributed by atoms with E-state index in [0.717, 1.165) is 24.4 Å². The number of hydrogen-bond donors (Lipinski definition) is 0. The van der Waals surface area contributed by atoms with Crippen molar-refractivity contribution in [2.75, 3.05) is 38.3 Å². The molecule has 142 valence electrons. The first kappa shape index (κ1) is 18.7. The van der Waals surface area contributed by atoms with E-state index in [-0.39, 0.29) is 24.2 Å². The van der Waals surface area contributed by atoms with Crippen LogP contribution >= 0.6 is 0 Å². The molecule has 1 aromatic carbocycles. The van der Waals surface area contributed by atoms with Crippen molar-refractivity contribution in [3.05, 3.63) is 24.3 Å². The molecule has 0 saturated carbocycles. The summed E-state index contributed by atoms with van der Waals surface area (Å²) in [5.41, 5.74) is 0.791. The molecule has 0 bridgehead atoms. The van der Waals surface area contributed by atoms with Crippen molar-refractivity contribution in [1.29, 1.82) is 0 Å². The Balaban J connectivity index is 1.46. The van der Waals surface area contributed by atoms with Gasteiger partial charge in [0.05, 0.1) is 19.6 Å². The van der Waals surface area contributed by atoms with Crippen LogP contribution in [0, 0.1) is 5.92 Å². The molecule has 26 heavy (non-hydrogen) atoms. The Morgan fingerprint density at radius 3 is 2.69 bits per heavy atom. The molecule has 6 nitrogen and oxygen atoms in total. The zero-order valence-corrected chi connectivity index (χ0v) is 15.6. The van der Waals surface area contributed by atoms with Gasteiger partial charge in [-0.15, -0.1) is 0 Å². The average molecular weight is 360 g/mol. The number of carbonyl (C=O) groups is 2. The van der Waals surface area contributed by atoms with Crippen LogP contribution < -0.4 is 9.64 Å². The average Bonchev–Trinajstić information content (AvgIpc) is 3.24. The number of likely N-dealkylation sites (tertiary alicyclic amines) is 1. The lowest BCUT2D eigenvalue weighted by Gasteiger charge is -2.20. The van der Waals surface area contributed by atoms with Crippen molar-refractivity contribution in [2.45, 2.75) is 38.6 Å². The summed E-state index contributed by atoms with van der Waals surface area (Å²) in [7, 11) is 1.35. The molecule has 3 rings (SSSR count). The molecule has 0 aromatic heterocycles. The lowest BCUT2D eigenvalue weighted by Crippen LogP contribution is -2.28. The largest absolute Gasteiger partial charge is 0.494 e. The molecular formula is C20H28N2O4. The number of benzene rings is 1. The summed E-state index contributed by atoms with van der Waals surface area (Å²) in [5.74, 6) is 0.0534. The van der Waals surface area contributed by atoms with Crippen LogP contribution in [0.4, 0.5) is 5.69 Å². The van der Waals surface area contributed by atoms with Gasteiger partial charge in [0.15, 0.2) is 0 Å². The maximum Gasteiger partial charge on any atom is 0.311 e. The highest BCUT2D eigenvalue weighted by molar-refractivity contribution is 5.99. The van der Waals surface area contributed by atoms with Crippen LogP contribution in [0.5, 0.6) is 5.75 Å². The fraction of sp³-hybridized carbons (Fsp3) is 0.600. The van der Waals surface area contributed by atoms with Gasteiger partial charge in [-0.05, 0) is 57.0 Å². The number of amides is 1. The van der Waals surface area contributed by atoms with Gasteiger partial charge in [-0.2, -0.15) is 0 Å². The Hall–Kier alpha value is -2.08. The standard InChI is InChI=1S/C20H28N2O4/c1-15-5-3-10-21(15)11-4-12-26-18-8-6-17(7-9-18)22-14-16(13-19(22)23)20(24)25-2/h6-9,15-16H,3-5,10-14H2,1-2H3/t15-,16+/m1/s1. The molecule has 0 unspecified atom stereocenters. The summed E-state index contributed by atoms with van der Waals surface area (Å²) in [6, 6.07) is 8.20. The Bertz CT molecular complexity index is 631. The van der Waals surface area contributed by atoms with E-state index in [1.165, 1.54) is 26.5 Å². The number of anilines is 1. The molecule has 2 aliphatic rings. The van der Waals surface area contributed by atoms with E-state index < -0.39 is 0 Å². The smallest absolute Gasteiger partial charge is 0.311 e. The van der Waals surface area contributed by atoms with Gasteiger partial charge in [0.1, 0.15) is 5.75 Å². The Labute approximate surface area is 155 Å². The van der Waals surface area contributed by atoms with Gasteiger partial charge in [-0.1, -0.05) is 0 Å². The van der Waals surface area contributed by atoms with Crippen LogP contribution in [0.15, 0.2) is 24.3 Å². The normalized spacial score (nSPS) is 23.5. The van der Waals surface area contributed by atoms with Crippen molar-refractivity contribution in [2.24, 2.45) is 5.92 Å². The first-order valence-corrected chi connectivity index (χ1v) is 9.43. The monoisotopic (exact) mass is 360 g/mol. The summed E-state index contributed by atoms with van der Waals surface area (Å²) >= 11 is 0. The molecule has 2 aliphatic heterocycles. The van der Waals surface area contributed by atoms with E-state index in [0.29, 0.717) is 19.2 Å². The number of hydrogen-bond acceptors (Lipinski definition) is 5. The molecule has 1 aromatic rings. The minimum Gasteiger partial charge on any atom is -0.494 e.